The fourth-order valence-electron chi connectivity index (χ4n) is 4.05. The monoisotopic (exact) mass is 482 g/mol. The van der Waals surface area contributed by atoms with E-state index < -0.39 is 22.5 Å². The van der Waals surface area contributed by atoms with Crippen molar-refractivity contribution in [1.29, 1.82) is 0 Å². The summed E-state index contributed by atoms with van der Waals surface area (Å²) >= 11 is 0. The lowest BCUT2D eigenvalue weighted by molar-refractivity contribution is -0.114. The van der Waals surface area contributed by atoms with Gasteiger partial charge in [-0.15, -0.1) is 0 Å². The van der Waals surface area contributed by atoms with E-state index in [0.717, 1.165) is 9.87 Å². The van der Waals surface area contributed by atoms with Crippen molar-refractivity contribution in [3.8, 4) is 17.2 Å². The van der Waals surface area contributed by atoms with Gasteiger partial charge in [0.15, 0.2) is 11.5 Å². The topological polar surface area (TPSA) is 94.2 Å². The molecule has 0 bridgehead atoms. The highest BCUT2D eigenvalue weighted by molar-refractivity contribution is 7.93. The molecule has 0 aliphatic carbocycles. The summed E-state index contributed by atoms with van der Waals surface area (Å²) in [4.78, 5) is 13.2. The number of hydrogen-bond donors (Lipinski definition) is 1. The second-order valence-corrected chi connectivity index (χ2v) is 9.85. The molecule has 178 valence electrons. The van der Waals surface area contributed by atoms with E-state index in [2.05, 4.69) is 5.32 Å². The summed E-state index contributed by atoms with van der Waals surface area (Å²) < 4.78 is 44.7. The molecule has 1 aliphatic heterocycles. The van der Waals surface area contributed by atoms with E-state index in [-0.39, 0.29) is 11.7 Å². The van der Waals surface area contributed by atoms with Gasteiger partial charge in [0.25, 0.3) is 10.0 Å². The number of nitrogens with zero attached hydrogens (tertiary/aromatic N) is 1. The summed E-state index contributed by atoms with van der Waals surface area (Å²) in [5, 5.41) is 2.75. The predicted molar refractivity (Wildman–Crippen MR) is 129 cm³/mol. The van der Waals surface area contributed by atoms with Crippen molar-refractivity contribution in [2.24, 2.45) is 0 Å². The standard InChI is InChI=1S/C25H26N2O6S/c1-16-11-17(2)25(18(3)12-16)34(29,30)27(20-6-8-21(31-4)9-7-20)14-24(28)26-19-5-10-22-23(13-19)33-15-32-22/h5-13H,14-15H2,1-4H3,(H,26,28). The Bertz CT molecular complexity index is 1310. The van der Waals surface area contributed by atoms with E-state index in [0.29, 0.717) is 39.8 Å². The lowest BCUT2D eigenvalue weighted by Gasteiger charge is -2.26. The highest BCUT2D eigenvalue weighted by atomic mass is 32.2. The summed E-state index contributed by atoms with van der Waals surface area (Å²) in [6.45, 7) is 5.12. The van der Waals surface area contributed by atoms with Crippen LogP contribution in [0.4, 0.5) is 11.4 Å². The number of amides is 1. The maximum Gasteiger partial charge on any atom is 0.265 e. The molecule has 0 spiro atoms. The molecule has 1 amide bonds. The average Bonchev–Trinajstić information content (AvgIpc) is 3.24. The Kier molecular flexibility index (Phi) is 6.39. The normalized spacial score (nSPS) is 12.4. The fraction of sp³-hybridized carbons (Fsp3) is 0.240. The molecule has 0 saturated heterocycles. The average molecular weight is 483 g/mol. The van der Waals surface area contributed by atoms with Crippen molar-refractivity contribution < 1.29 is 27.4 Å². The number of carbonyl (C=O) groups excluding carboxylic acids is 1. The maximum atomic E-state index is 13.9. The molecular weight excluding hydrogens is 456 g/mol. The van der Waals surface area contributed by atoms with Crippen LogP contribution in [-0.2, 0) is 14.8 Å². The summed E-state index contributed by atoms with van der Waals surface area (Å²) in [7, 11) is -2.53. The molecular formula is C25H26N2O6S. The zero-order chi connectivity index (χ0) is 24.5. The van der Waals surface area contributed by atoms with Crippen LogP contribution in [0, 0.1) is 20.8 Å². The lowest BCUT2D eigenvalue weighted by Crippen LogP contribution is -2.38. The first-order valence-corrected chi connectivity index (χ1v) is 12.1. The molecule has 8 nitrogen and oxygen atoms in total. The Balaban J connectivity index is 1.69. The molecule has 1 aliphatic rings. The molecule has 0 aromatic heterocycles. The van der Waals surface area contributed by atoms with Gasteiger partial charge in [-0.05, 0) is 68.3 Å². The van der Waals surface area contributed by atoms with E-state index in [1.807, 2.05) is 19.1 Å². The largest absolute Gasteiger partial charge is 0.497 e. The molecule has 3 aromatic carbocycles. The van der Waals surface area contributed by atoms with Crippen molar-refractivity contribution in [3.05, 3.63) is 71.3 Å². The van der Waals surface area contributed by atoms with E-state index in [1.165, 1.54) is 7.11 Å². The molecule has 1 heterocycles. The van der Waals surface area contributed by atoms with Crippen LogP contribution in [0.5, 0.6) is 17.2 Å². The second-order valence-electron chi connectivity index (χ2n) is 8.05. The van der Waals surface area contributed by atoms with E-state index >= 15 is 0 Å². The van der Waals surface area contributed by atoms with E-state index in [4.69, 9.17) is 14.2 Å². The van der Waals surface area contributed by atoms with Gasteiger partial charge in [0, 0.05) is 11.8 Å². The number of nitrogens with one attached hydrogen (secondary N) is 1. The minimum absolute atomic E-state index is 0.117. The first-order chi connectivity index (χ1) is 16.2. The number of fused-ring (bicyclic) bond motifs is 1. The molecule has 0 fully saturated rings. The number of anilines is 2. The van der Waals surface area contributed by atoms with Crippen molar-refractivity contribution in [3.63, 3.8) is 0 Å². The Hall–Kier alpha value is -3.72. The number of aryl methyl sites for hydroxylation is 3. The highest BCUT2D eigenvalue weighted by Gasteiger charge is 2.30. The van der Waals surface area contributed by atoms with Gasteiger partial charge in [0.1, 0.15) is 12.3 Å². The zero-order valence-corrected chi connectivity index (χ0v) is 20.2. The first kappa shape index (κ1) is 23.4. The number of sulfonamides is 1. The third-order valence-electron chi connectivity index (χ3n) is 5.46. The van der Waals surface area contributed by atoms with E-state index in [1.54, 1.807) is 56.3 Å². The molecule has 1 N–H and O–H groups in total. The second kappa shape index (κ2) is 9.26. The fourth-order valence-corrected chi connectivity index (χ4v) is 5.89. The number of methoxy groups -OCH3 is 1. The van der Waals surface area contributed by atoms with Crippen LogP contribution in [-0.4, -0.2) is 34.8 Å². The Morgan fingerprint density at radius 2 is 1.62 bits per heavy atom. The number of benzene rings is 3. The number of carbonyl (C=O) groups is 1. The molecule has 3 aromatic rings. The Morgan fingerprint density at radius 3 is 2.26 bits per heavy atom. The van der Waals surface area contributed by atoms with E-state index in [9.17, 15) is 13.2 Å². The molecule has 0 saturated carbocycles. The van der Waals surface area contributed by atoms with Gasteiger partial charge in [-0.25, -0.2) is 8.42 Å². The zero-order valence-electron chi connectivity index (χ0n) is 19.4. The first-order valence-electron chi connectivity index (χ1n) is 10.6. The van der Waals surface area contributed by atoms with Crippen molar-refractivity contribution in [2.45, 2.75) is 25.7 Å². The van der Waals surface area contributed by atoms with Crippen LogP contribution >= 0.6 is 0 Å². The molecule has 9 heteroatoms. The van der Waals surface area contributed by atoms with Crippen LogP contribution in [0.3, 0.4) is 0 Å². The van der Waals surface area contributed by atoms with Crippen molar-refractivity contribution in [2.75, 3.05) is 30.1 Å². The van der Waals surface area contributed by atoms with Gasteiger partial charge in [-0.2, -0.15) is 0 Å². The van der Waals surface area contributed by atoms with Gasteiger partial charge in [0.05, 0.1) is 17.7 Å². The third-order valence-corrected chi connectivity index (χ3v) is 7.54. The van der Waals surface area contributed by atoms with Gasteiger partial charge in [0.2, 0.25) is 12.7 Å². The molecule has 34 heavy (non-hydrogen) atoms. The summed E-state index contributed by atoms with van der Waals surface area (Å²) in [6.07, 6.45) is 0. The minimum Gasteiger partial charge on any atom is -0.497 e. The van der Waals surface area contributed by atoms with Crippen molar-refractivity contribution >= 4 is 27.3 Å². The summed E-state index contributed by atoms with van der Waals surface area (Å²) in [6, 6.07) is 15.2. The van der Waals surface area contributed by atoms with Crippen molar-refractivity contribution in [1.82, 2.24) is 0 Å². The van der Waals surface area contributed by atoms with Gasteiger partial charge in [-0.1, -0.05) is 17.7 Å². The molecule has 0 atom stereocenters. The van der Waals surface area contributed by atoms with Gasteiger partial charge in [-0.3, -0.25) is 9.10 Å². The minimum atomic E-state index is -4.06. The van der Waals surface area contributed by atoms with Crippen LogP contribution in [0.1, 0.15) is 16.7 Å². The lowest BCUT2D eigenvalue weighted by atomic mass is 10.1. The smallest absolute Gasteiger partial charge is 0.265 e. The van der Waals surface area contributed by atoms with Gasteiger partial charge >= 0.3 is 0 Å². The summed E-state index contributed by atoms with van der Waals surface area (Å²) in [5.74, 6) is 1.18. The SMILES string of the molecule is COc1ccc(N(CC(=O)Nc2ccc3c(c2)OCO3)S(=O)(=O)c2c(C)cc(C)cc2C)cc1. The predicted octanol–water partition coefficient (Wildman–Crippen LogP) is 4.18. The quantitative estimate of drug-likeness (QED) is 0.543. The van der Waals surface area contributed by atoms with Crippen LogP contribution in [0.15, 0.2) is 59.5 Å². The highest BCUT2D eigenvalue weighted by Crippen LogP contribution is 2.34. The Labute approximate surface area is 199 Å². The van der Waals surface area contributed by atoms with Crippen LogP contribution in [0.25, 0.3) is 0 Å². The third kappa shape index (κ3) is 4.65. The van der Waals surface area contributed by atoms with Gasteiger partial charge < -0.3 is 19.5 Å². The Morgan fingerprint density at radius 1 is 0.971 bits per heavy atom. The number of hydrogen-bond acceptors (Lipinski definition) is 6. The molecule has 4 rings (SSSR count). The maximum absolute atomic E-state index is 13.9. The van der Waals surface area contributed by atoms with Crippen LogP contribution < -0.4 is 23.8 Å². The van der Waals surface area contributed by atoms with Crippen LogP contribution in [0.2, 0.25) is 0 Å². The number of rotatable bonds is 7. The number of ether oxygens (including phenoxy) is 3. The summed E-state index contributed by atoms with van der Waals surface area (Å²) in [5.41, 5.74) is 3.02. The molecule has 0 radical (unpaired) electrons. The molecule has 0 unspecified atom stereocenters.